The van der Waals surface area contributed by atoms with Gasteiger partial charge in [-0.1, -0.05) is 36.6 Å². The summed E-state index contributed by atoms with van der Waals surface area (Å²) in [6, 6.07) is 19.8. The quantitative estimate of drug-likeness (QED) is 0.671. The molecule has 0 spiro atoms. The van der Waals surface area contributed by atoms with Gasteiger partial charge in [-0.2, -0.15) is 0 Å². The van der Waals surface area contributed by atoms with E-state index < -0.39 is 0 Å². The van der Waals surface area contributed by atoms with E-state index in [1.165, 1.54) is 18.4 Å². The van der Waals surface area contributed by atoms with Gasteiger partial charge in [-0.05, 0) is 62.2 Å². The summed E-state index contributed by atoms with van der Waals surface area (Å²) in [5.74, 6) is 0.667. The van der Waals surface area contributed by atoms with E-state index in [4.69, 9.17) is 0 Å². The number of carbonyl (C=O) groups is 1. The molecule has 5 heteroatoms. The summed E-state index contributed by atoms with van der Waals surface area (Å²) in [6.07, 6.45) is 4.58. The summed E-state index contributed by atoms with van der Waals surface area (Å²) in [5.41, 5.74) is 4.64. The van der Waals surface area contributed by atoms with Gasteiger partial charge in [0.25, 0.3) is 5.91 Å². The van der Waals surface area contributed by atoms with Gasteiger partial charge >= 0.3 is 0 Å². The van der Waals surface area contributed by atoms with E-state index in [-0.39, 0.29) is 5.91 Å². The number of aryl methyl sites for hydroxylation is 1. The molecule has 0 atom stereocenters. The maximum absolute atomic E-state index is 12.3. The van der Waals surface area contributed by atoms with Crippen molar-refractivity contribution in [1.29, 1.82) is 0 Å². The molecule has 0 aliphatic heterocycles. The SMILES string of the molecule is Cc1cccc(-c2ccc(Nc3ccc(C(=O)NC4CCCC4)cc3)nn2)c1. The Morgan fingerprint density at radius 3 is 2.43 bits per heavy atom. The van der Waals surface area contributed by atoms with Crippen LogP contribution in [-0.2, 0) is 0 Å². The highest BCUT2D eigenvalue weighted by molar-refractivity contribution is 5.94. The molecule has 1 fully saturated rings. The first-order chi connectivity index (χ1) is 13.7. The lowest BCUT2D eigenvalue weighted by molar-refractivity contribution is 0.0938. The van der Waals surface area contributed by atoms with Crippen LogP contribution in [-0.4, -0.2) is 22.1 Å². The Morgan fingerprint density at radius 1 is 0.964 bits per heavy atom. The van der Waals surface area contributed by atoms with Gasteiger partial charge < -0.3 is 10.6 Å². The number of carbonyl (C=O) groups excluding carboxylic acids is 1. The van der Waals surface area contributed by atoms with Crippen LogP contribution in [0.15, 0.2) is 60.7 Å². The van der Waals surface area contributed by atoms with Gasteiger partial charge in [0.1, 0.15) is 0 Å². The lowest BCUT2D eigenvalue weighted by Crippen LogP contribution is -2.32. The molecule has 0 saturated heterocycles. The van der Waals surface area contributed by atoms with Gasteiger partial charge in [0.05, 0.1) is 5.69 Å². The van der Waals surface area contributed by atoms with Gasteiger partial charge in [0.15, 0.2) is 5.82 Å². The van der Waals surface area contributed by atoms with E-state index in [2.05, 4.69) is 39.9 Å². The Morgan fingerprint density at radius 2 is 1.75 bits per heavy atom. The second-order valence-electron chi connectivity index (χ2n) is 7.33. The van der Waals surface area contributed by atoms with E-state index in [1.807, 2.05) is 48.5 Å². The average molecular weight is 372 g/mol. The molecule has 1 aliphatic rings. The van der Waals surface area contributed by atoms with Crippen LogP contribution in [0.25, 0.3) is 11.3 Å². The molecule has 2 N–H and O–H groups in total. The number of benzene rings is 2. The van der Waals surface area contributed by atoms with Crippen LogP contribution in [0.5, 0.6) is 0 Å². The molecule has 1 heterocycles. The van der Waals surface area contributed by atoms with E-state index in [0.29, 0.717) is 17.4 Å². The Labute approximate surface area is 165 Å². The molecule has 1 aliphatic carbocycles. The van der Waals surface area contributed by atoms with Crippen LogP contribution in [0.1, 0.15) is 41.6 Å². The van der Waals surface area contributed by atoms with Crippen molar-refractivity contribution >= 4 is 17.4 Å². The monoisotopic (exact) mass is 372 g/mol. The average Bonchev–Trinajstić information content (AvgIpc) is 3.22. The summed E-state index contributed by atoms with van der Waals surface area (Å²) in [5, 5.41) is 14.9. The number of rotatable bonds is 5. The van der Waals surface area contributed by atoms with E-state index in [0.717, 1.165) is 29.8 Å². The molecule has 1 saturated carbocycles. The minimum atomic E-state index is 0.000694. The number of hydrogen-bond donors (Lipinski definition) is 2. The maximum Gasteiger partial charge on any atom is 0.251 e. The van der Waals surface area contributed by atoms with Gasteiger partial charge in [0, 0.05) is 22.9 Å². The van der Waals surface area contributed by atoms with Crippen LogP contribution < -0.4 is 10.6 Å². The molecule has 142 valence electrons. The van der Waals surface area contributed by atoms with Crippen molar-refractivity contribution in [2.24, 2.45) is 0 Å². The first-order valence-corrected chi connectivity index (χ1v) is 9.76. The van der Waals surface area contributed by atoms with Crippen LogP contribution in [0.2, 0.25) is 0 Å². The molecule has 1 amide bonds. The first kappa shape index (κ1) is 18.2. The van der Waals surface area contributed by atoms with E-state index in [9.17, 15) is 4.79 Å². The number of aromatic nitrogens is 2. The standard InChI is InChI=1S/C23H24N4O/c1-16-5-4-6-18(15-16)21-13-14-22(27-26-21)24-20-11-9-17(10-12-20)23(28)25-19-7-2-3-8-19/h4-6,9-15,19H,2-3,7-8H2,1H3,(H,24,27)(H,25,28). The van der Waals surface area contributed by atoms with Crippen molar-refractivity contribution in [3.8, 4) is 11.3 Å². The third-order valence-corrected chi connectivity index (χ3v) is 5.09. The number of nitrogens with one attached hydrogen (secondary N) is 2. The lowest BCUT2D eigenvalue weighted by Gasteiger charge is -2.12. The van der Waals surface area contributed by atoms with Crippen molar-refractivity contribution in [2.45, 2.75) is 38.6 Å². The summed E-state index contributed by atoms with van der Waals surface area (Å²) >= 11 is 0. The second kappa shape index (κ2) is 8.21. The Hall–Kier alpha value is -3.21. The van der Waals surface area contributed by atoms with Crippen molar-refractivity contribution in [2.75, 3.05) is 5.32 Å². The van der Waals surface area contributed by atoms with Crippen molar-refractivity contribution in [1.82, 2.24) is 15.5 Å². The largest absolute Gasteiger partial charge is 0.349 e. The normalized spacial score (nSPS) is 14.0. The van der Waals surface area contributed by atoms with Crippen LogP contribution in [0, 0.1) is 6.92 Å². The Balaban J connectivity index is 1.39. The van der Waals surface area contributed by atoms with Gasteiger partial charge in [-0.15, -0.1) is 10.2 Å². The predicted octanol–water partition coefficient (Wildman–Crippen LogP) is 4.87. The molecule has 2 aromatic carbocycles. The Bertz CT molecular complexity index is 945. The minimum Gasteiger partial charge on any atom is -0.349 e. The summed E-state index contributed by atoms with van der Waals surface area (Å²) in [4.78, 5) is 12.3. The summed E-state index contributed by atoms with van der Waals surface area (Å²) in [7, 11) is 0. The van der Waals surface area contributed by atoms with Crippen LogP contribution in [0.3, 0.4) is 0 Å². The minimum absolute atomic E-state index is 0.000694. The van der Waals surface area contributed by atoms with Crippen LogP contribution in [0.4, 0.5) is 11.5 Å². The topological polar surface area (TPSA) is 66.9 Å². The fourth-order valence-corrected chi connectivity index (χ4v) is 3.55. The van der Waals surface area contributed by atoms with E-state index in [1.54, 1.807) is 0 Å². The van der Waals surface area contributed by atoms with Crippen molar-refractivity contribution in [3.05, 3.63) is 71.8 Å². The fraction of sp³-hybridized carbons (Fsp3) is 0.261. The molecule has 0 unspecified atom stereocenters. The molecule has 28 heavy (non-hydrogen) atoms. The predicted molar refractivity (Wildman–Crippen MR) is 112 cm³/mol. The summed E-state index contributed by atoms with van der Waals surface area (Å²) in [6.45, 7) is 2.06. The maximum atomic E-state index is 12.3. The summed E-state index contributed by atoms with van der Waals surface area (Å²) < 4.78 is 0. The highest BCUT2D eigenvalue weighted by atomic mass is 16.1. The highest BCUT2D eigenvalue weighted by Crippen LogP contribution is 2.21. The van der Waals surface area contributed by atoms with Crippen molar-refractivity contribution in [3.63, 3.8) is 0 Å². The Kier molecular flexibility index (Phi) is 5.33. The molecule has 3 aromatic rings. The number of hydrogen-bond acceptors (Lipinski definition) is 4. The molecule has 0 radical (unpaired) electrons. The smallest absolute Gasteiger partial charge is 0.251 e. The molecule has 0 bridgehead atoms. The second-order valence-corrected chi connectivity index (χ2v) is 7.33. The molecular weight excluding hydrogens is 348 g/mol. The lowest BCUT2D eigenvalue weighted by atomic mass is 10.1. The third-order valence-electron chi connectivity index (χ3n) is 5.09. The molecule has 4 rings (SSSR count). The van der Waals surface area contributed by atoms with E-state index >= 15 is 0 Å². The number of anilines is 2. The zero-order chi connectivity index (χ0) is 19.3. The fourth-order valence-electron chi connectivity index (χ4n) is 3.55. The zero-order valence-corrected chi connectivity index (χ0v) is 16.0. The van der Waals surface area contributed by atoms with Crippen molar-refractivity contribution < 1.29 is 4.79 Å². The zero-order valence-electron chi connectivity index (χ0n) is 16.0. The molecule has 5 nitrogen and oxygen atoms in total. The number of nitrogens with zero attached hydrogens (tertiary/aromatic N) is 2. The van der Waals surface area contributed by atoms with Gasteiger partial charge in [0.2, 0.25) is 0 Å². The third kappa shape index (κ3) is 4.36. The molecular formula is C23H24N4O. The van der Waals surface area contributed by atoms with Gasteiger partial charge in [-0.3, -0.25) is 4.79 Å². The molecule has 1 aromatic heterocycles. The first-order valence-electron chi connectivity index (χ1n) is 9.76. The highest BCUT2D eigenvalue weighted by Gasteiger charge is 2.17. The van der Waals surface area contributed by atoms with Crippen LogP contribution >= 0.6 is 0 Å². The van der Waals surface area contributed by atoms with Gasteiger partial charge in [-0.25, -0.2) is 0 Å². The number of amides is 1.